The van der Waals surface area contributed by atoms with E-state index >= 15 is 0 Å². The van der Waals surface area contributed by atoms with Gasteiger partial charge in [0.05, 0.1) is 10.6 Å². The van der Waals surface area contributed by atoms with Gasteiger partial charge in [0, 0.05) is 12.5 Å². The number of carboxylic acids is 1. The molecule has 1 aromatic rings. The molecule has 7 heteroatoms. The van der Waals surface area contributed by atoms with Crippen LogP contribution in [-0.4, -0.2) is 46.4 Å². The molecule has 1 atom stereocenters. The number of piperazine rings is 1. The Morgan fingerprint density at radius 2 is 1.83 bits per heavy atom. The van der Waals surface area contributed by atoms with Crippen molar-refractivity contribution in [3.8, 4) is 11.8 Å². The molecule has 3 rings (SSSR count). The summed E-state index contributed by atoms with van der Waals surface area (Å²) in [5.41, 5.74) is -0.850. The molecule has 1 aromatic heterocycles. The number of carbonyl (C=O) groups excluding carboxylic acids is 2. The smallest absolute Gasteiger partial charge is 0.348 e. The van der Waals surface area contributed by atoms with Gasteiger partial charge in [0.1, 0.15) is 16.5 Å². The molecule has 1 spiro atoms. The molecule has 2 fully saturated rings. The molecule has 0 radical (unpaired) electrons. The molecule has 0 aromatic carbocycles. The van der Waals surface area contributed by atoms with E-state index in [9.17, 15) is 19.5 Å². The number of hydrogen-bond donors (Lipinski definition) is 1. The lowest BCUT2D eigenvalue weighted by molar-refractivity contribution is -0.154. The van der Waals surface area contributed by atoms with Crippen LogP contribution in [-0.2, 0) is 9.59 Å². The Balaban J connectivity index is 2.10. The van der Waals surface area contributed by atoms with Crippen molar-refractivity contribution in [1.29, 1.82) is 0 Å². The van der Waals surface area contributed by atoms with Gasteiger partial charge >= 0.3 is 5.97 Å². The Hall–Kier alpha value is -2.33. The lowest BCUT2D eigenvalue weighted by Gasteiger charge is -2.52. The molecule has 162 valence electrons. The van der Waals surface area contributed by atoms with E-state index in [1.807, 2.05) is 20.8 Å². The topological polar surface area (TPSA) is 77.9 Å². The van der Waals surface area contributed by atoms with Gasteiger partial charge in [-0.15, -0.1) is 11.3 Å². The van der Waals surface area contributed by atoms with Gasteiger partial charge in [-0.2, -0.15) is 0 Å². The number of likely N-dealkylation sites (N-methyl/N-ethyl adjacent to an activating group) is 1. The third-order valence-electron chi connectivity index (χ3n) is 6.16. The lowest BCUT2D eigenvalue weighted by atomic mass is 9.73. The fourth-order valence-corrected chi connectivity index (χ4v) is 5.12. The average Bonchev–Trinajstić information content (AvgIpc) is 3.09. The number of aromatic carboxylic acids is 1. The second-order valence-electron chi connectivity index (χ2n) is 9.59. The zero-order valence-corrected chi connectivity index (χ0v) is 19.4. The highest BCUT2D eigenvalue weighted by Gasteiger charge is 2.55. The molecule has 1 N–H and O–H groups in total. The highest BCUT2D eigenvalue weighted by atomic mass is 32.1. The van der Waals surface area contributed by atoms with E-state index in [0.717, 1.165) is 24.2 Å². The zero-order chi connectivity index (χ0) is 22.4. The number of amides is 2. The van der Waals surface area contributed by atoms with Crippen molar-refractivity contribution in [3.63, 3.8) is 0 Å². The Morgan fingerprint density at radius 3 is 2.37 bits per heavy atom. The summed E-state index contributed by atoms with van der Waals surface area (Å²) in [7, 11) is 1.70. The van der Waals surface area contributed by atoms with Gasteiger partial charge in [-0.1, -0.05) is 18.8 Å². The number of nitrogens with zero attached hydrogens (tertiary/aromatic N) is 2. The third kappa shape index (κ3) is 3.85. The van der Waals surface area contributed by atoms with Gasteiger partial charge in [-0.25, -0.2) is 4.79 Å². The van der Waals surface area contributed by atoms with Crippen LogP contribution in [0.2, 0.25) is 0 Å². The van der Waals surface area contributed by atoms with E-state index in [0.29, 0.717) is 23.6 Å². The van der Waals surface area contributed by atoms with E-state index in [1.54, 1.807) is 24.9 Å². The first-order chi connectivity index (χ1) is 13.9. The summed E-state index contributed by atoms with van der Waals surface area (Å²) >= 11 is 1.05. The van der Waals surface area contributed by atoms with Crippen molar-refractivity contribution < 1.29 is 19.5 Å². The molecule has 2 amide bonds. The van der Waals surface area contributed by atoms with Gasteiger partial charge in [-0.3, -0.25) is 14.5 Å². The van der Waals surface area contributed by atoms with E-state index in [4.69, 9.17) is 0 Å². The van der Waals surface area contributed by atoms with Crippen molar-refractivity contribution in [2.75, 3.05) is 11.9 Å². The summed E-state index contributed by atoms with van der Waals surface area (Å²) in [6.45, 7) is 9.75. The second-order valence-corrected chi connectivity index (χ2v) is 10.6. The highest BCUT2D eigenvalue weighted by Crippen LogP contribution is 2.43. The van der Waals surface area contributed by atoms with Crippen molar-refractivity contribution in [2.45, 2.75) is 71.9 Å². The standard InChI is InChI=1S/C23H30N2O4S/c1-14-7-11-23(12-8-14)21(29)25(15(2)19(26)24(23)6)17-13-16(9-10-22(3,4)5)30-18(17)20(27)28/h13-15H,7-8,11-12H2,1-6H3,(H,27,28)/t14?,15-,23?/m1/s1. The molecule has 1 aliphatic heterocycles. The van der Waals surface area contributed by atoms with Gasteiger partial charge in [0.25, 0.3) is 5.91 Å². The average molecular weight is 431 g/mol. The Bertz CT molecular complexity index is 939. The number of hydrogen-bond acceptors (Lipinski definition) is 4. The van der Waals surface area contributed by atoms with Crippen molar-refractivity contribution >= 4 is 34.8 Å². The van der Waals surface area contributed by atoms with Gasteiger partial charge < -0.3 is 10.0 Å². The molecule has 0 unspecified atom stereocenters. The van der Waals surface area contributed by atoms with Crippen LogP contribution in [0.1, 0.15) is 74.9 Å². The first-order valence-electron chi connectivity index (χ1n) is 10.4. The second kappa shape index (κ2) is 7.73. The largest absolute Gasteiger partial charge is 0.477 e. The maximum absolute atomic E-state index is 13.8. The Kier molecular flexibility index (Phi) is 5.76. The Morgan fingerprint density at radius 1 is 1.23 bits per heavy atom. The molecule has 2 aliphatic rings. The summed E-state index contributed by atoms with van der Waals surface area (Å²) in [5, 5.41) is 9.79. The van der Waals surface area contributed by atoms with E-state index < -0.39 is 17.6 Å². The van der Waals surface area contributed by atoms with E-state index in [-0.39, 0.29) is 27.8 Å². The van der Waals surface area contributed by atoms with E-state index in [1.165, 1.54) is 4.90 Å². The minimum atomic E-state index is -1.11. The van der Waals surface area contributed by atoms with Gasteiger partial charge in [0.15, 0.2) is 0 Å². The molecular weight excluding hydrogens is 400 g/mol. The highest BCUT2D eigenvalue weighted by molar-refractivity contribution is 7.15. The monoisotopic (exact) mass is 430 g/mol. The minimum Gasteiger partial charge on any atom is -0.477 e. The predicted octanol–water partition coefficient (Wildman–Crippen LogP) is 3.99. The molecule has 1 saturated carbocycles. The van der Waals surface area contributed by atoms with Crippen LogP contribution in [0, 0.1) is 23.2 Å². The van der Waals surface area contributed by atoms with Crippen LogP contribution in [0.5, 0.6) is 0 Å². The molecule has 2 heterocycles. The molecule has 1 saturated heterocycles. The zero-order valence-electron chi connectivity index (χ0n) is 18.5. The van der Waals surface area contributed by atoms with E-state index in [2.05, 4.69) is 18.8 Å². The van der Waals surface area contributed by atoms with Gasteiger partial charge in [0.2, 0.25) is 5.91 Å². The Labute approximate surface area is 182 Å². The van der Waals surface area contributed by atoms with Crippen LogP contribution >= 0.6 is 11.3 Å². The van der Waals surface area contributed by atoms with Crippen molar-refractivity contribution in [3.05, 3.63) is 15.8 Å². The number of thiophene rings is 1. The quantitative estimate of drug-likeness (QED) is 0.720. The fraction of sp³-hybridized carbons (Fsp3) is 0.609. The molecular formula is C23H30N2O4S. The summed E-state index contributed by atoms with van der Waals surface area (Å²) in [5.74, 6) is 5.20. The first-order valence-corrected chi connectivity index (χ1v) is 11.2. The van der Waals surface area contributed by atoms with Crippen LogP contribution in [0.4, 0.5) is 5.69 Å². The first kappa shape index (κ1) is 22.4. The fourth-order valence-electron chi connectivity index (χ4n) is 4.28. The number of anilines is 1. The predicted molar refractivity (Wildman–Crippen MR) is 118 cm³/mol. The minimum absolute atomic E-state index is 0.0464. The third-order valence-corrected chi connectivity index (χ3v) is 7.19. The molecule has 6 nitrogen and oxygen atoms in total. The lowest BCUT2D eigenvalue weighted by Crippen LogP contribution is -2.71. The number of carbonyl (C=O) groups is 3. The van der Waals surface area contributed by atoms with Crippen molar-refractivity contribution in [1.82, 2.24) is 4.90 Å². The summed E-state index contributed by atoms with van der Waals surface area (Å²) in [6.07, 6.45) is 2.93. The number of rotatable bonds is 2. The normalized spacial score (nSPS) is 27.3. The van der Waals surface area contributed by atoms with Crippen LogP contribution < -0.4 is 4.90 Å². The van der Waals surface area contributed by atoms with Gasteiger partial charge in [-0.05, 0) is 65.4 Å². The van der Waals surface area contributed by atoms with Crippen LogP contribution in [0.25, 0.3) is 0 Å². The van der Waals surface area contributed by atoms with Crippen LogP contribution in [0.15, 0.2) is 6.07 Å². The number of carboxylic acid groups (broad SMARTS) is 1. The molecule has 30 heavy (non-hydrogen) atoms. The summed E-state index contributed by atoms with van der Waals surface area (Å²) in [4.78, 5) is 42.5. The van der Waals surface area contributed by atoms with Crippen molar-refractivity contribution in [2.24, 2.45) is 11.3 Å². The molecule has 1 aliphatic carbocycles. The van der Waals surface area contributed by atoms with Crippen LogP contribution in [0.3, 0.4) is 0 Å². The maximum atomic E-state index is 13.8. The maximum Gasteiger partial charge on any atom is 0.348 e. The SMILES string of the molecule is CC1CCC2(CC1)C(=O)N(c1cc(C#CC(C)(C)C)sc1C(=O)O)[C@H](C)C(=O)N2C. The summed E-state index contributed by atoms with van der Waals surface area (Å²) < 4.78 is 0. The molecule has 0 bridgehead atoms. The summed E-state index contributed by atoms with van der Waals surface area (Å²) in [6, 6.07) is 0.891.